The number of carbonyl (C=O) groups is 2. The molecule has 2 saturated heterocycles. The van der Waals surface area contributed by atoms with Gasteiger partial charge in [-0.1, -0.05) is 6.07 Å². The number of halogens is 1. The Morgan fingerprint density at radius 3 is 2.58 bits per heavy atom. The number of anilines is 1. The number of carboxylic acid groups (broad SMARTS) is 1. The fraction of sp³-hybridized carbons (Fsp3) is 0.520. The number of sulfonamides is 1. The third-order valence-electron chi connectivity index (χ3n) is 7.62. The van der Waals surface area contributed by atoms with Gasteiger partial charge in [0.1, 0.15) is 17.2 Å². The molecule has 3 aliphatic rings. The summed E-state index contributed by atoms with van der Waals surface area (Å²) in [7, 11) is -3.65. The van der Waals surface area contributed by atoms with Crippen molar-refractivity contribution in [3.63, 3.8) is 0 Å². The number of aromatic hydroxyl groups is 1. The first-order chi connectivity index (χ1) is 19.0. The van der Waals surface area contributed by atoms with Gasteiger partial charge in [0, 0.05) is 52.2 Å². The first-order valence-corrected chi connectivity index (χ1v) is 14.7. The Morgan fingerprint density at radius 1 is 1.12 bits per heavy atom. The number of nitrogens with zero attached hydrogens (tertiary/aromatic N) is 4. The predicted octanol–water partition coefficient (Wildman–Crippen LogP) is 1.34. The van der Waals surface area contributed by atoms with Crippen LogP contribution in [-0.2, 0) is 33.5 Å². The molecule has 2 fully saturated rings. The van der Waals surface area contributed by atoms with Crippen molar-refractivity contribution < 1.29 is 37.3 Å². The Balaban J connectivity index is 1.45. The van der Waals surface area contributed by atoms with Gasteiger partial charge in [-0.2, -0.15) is 0 Å². The number of hydrogen-bond donors (Lipinski definition) is 3. The van der Waals surface area contributed by atoms with Gasteiger partial charge >= 0.3 is 6.09 Å². The third-order valence-corrected chi connectivity index (χ3v) is 9.47. The fourth-order valence-electron chi connectivity index (χ4n) is 5.48. The first kappa shape index (κ1) is 27.8. The van der Waals surface area contributed by atoms with Crippen molar-refractivity contribution >= 4 is 27.7 Å². The molecule has 3 aliphatic heterocycles. The van der Waals surface area contributed by atoms with E-state index in [1.54, 1.807) is 0 Å². The van der Waals surface area contributed by atoms with Crippen LogP contribution in [0.5, 0.6) is 5.75 Å². The number of carbonyl (C=O) groups excluding carboxylic acids is 1. The highest BCUT2D eigenvalue weighted by Crippen LogP contribution is 2.38. The molecule has 2 aromatic rings. The number of aromatic nitrogens is 2. The molecule has 3 N–H and O–H groups in total. The Hall–Kier alpha value is -3.72. The van der Waals surface area contributed by atoms with E-state index in [1.807, 2.05) is 0 Å². The fourth-order valence-corrected chi connectivity index (χ4v) is 7.14. The molecule has 0 aliphatic carbocycles. The highest BCUT2D eigenvalue weighted by molar-refractivity contribution is 7.92. The standard InChI is InChI=1S/C25H30FN5O8S/c26-17-5-4-16(18(14-17)31-9-1-2-13-40(31,37)38)15-27-21(33)19-20(32)22(34)30-8-3-12-39-25(23(30)28-19)6-10-29(11-7-25)24(35)36/h4-5,14,32H,1-3,6-13,15H2,(H,27,33)(H,35,36). The third kappa shape index (κ3) is 5.10. The molecule has 0 saturated carbocycles. The summed E-state index contributed by atoms with van der Waals surface area (Å²) < 4.78 is 47.9. The van der Waals surface area contributed by atoms with E-state index in [0.29, 0.717) is 24.8 Å². The summed E-state index contributed by atoms with van der Waals surface area (Å²) in [6.07, 6.45) is 0.903. The van der Waals surface area contributed by atoms with Crippen LogP contribution in [0, 0.1) is 5.82 Å². The van der Waals surface area contributed by atoms with E-state index in [0.717, 1.165) is 16.4 Å². The van der Waals surface area contributed by atoms with E-state index in [4.69, 9.17) is 4.74 Å². The largest absolute Gasteiger partial charge is 0.501 e. The van der Waals surface area contributed by atoms with Gasteiger partial charge < -0.3 is 25.2 Å². The van der Waals surface area contributed by atoms with Gasteiger partial charge in [-0.25, -0.2) is 22.6 Å². The lowest BCUT2D eigenvalue weighted by Gasteiger charge is -2.40. The summed E-state index contributed by atoms with van der Waals surface area (Å²) in [5, 5.41) is 22.6. The van der Waals surface area contributed by atoms with Gasteiger partial charge in [-0.15, -0.1) is 0 Å². The Morgan fingerprint density at radius 2 is 1.88 bits per heavy atom. The van der Waals surface area contributed by atoms with Crippen LogP contribution >= 0.6 is 0 Å². The molecule has 1 spiro atoms. The van der Waals surface area contributed by atoms with Crippen molar-refractivity contribution in [2.24, 2.45) is 0 Å². The maximum absolute atomic E-state index is 14.1. The number of ether oxygens (including phenoxy) is 1. The predicted molar refractivity (Wildman–Crippen MR) is 139 cm³/mol. The van der Waals surface area contributed by atoms with Gasteiger partial charge in [-0.3, -0.25) is 18.5 Å². The van der Waals surface area contributed by atoms with Crippen LogP contribution in [0.2, 0.25) is 0 Å². The Labute approximate surface area is 229 Å². The number of fused-ring (bicyclic) bond motifs is 2. The molecule has 0 atom stereocenters. The number of benzene rings is 1. The number of rotatable bonds is 4. The lowest BCUT2D eigenvalue weighted by atomic mass is 9.89. The SMILES string of the molecule is O=C(NCc1ccc(F)cc1N1CCCCS1(=O)=O)c1nc2n(c(=O)c1O)CCCOC21CCN(C(=O)O)CC1. The number of piperidine rings is 1. The van der Waals surface area contributed by atoms with Crippen LogP contribution in [-0.4, -0.2) is 77.1 Å². The van der Waals surface area contributed by atoms with Crippen molar-refractivity contribution in [2.45, 2.75) is 50.8 Å². The lowest BCUT2D eigenvalue weighted by molar-refractivity contribution is -0.0880. The summed E-state index contributed by atoms with van der Waals surface area (Å²) in [4.78, 5) is 43.4. The summed E-state index contributed by atoms with van der Waals surface area (Å²) in [5.74, 6) is -2.30. The van der Waals surface area contributed by atoms with Gasteiger partial charge in [0.15, 0.2) is 5.69 Å². The van der Waals surface area contributed by atoms with Crippen molar-refractivity contribution in [3.05, 3.63) is 51.5 Å². The van der Waals surface area contributed by atoms with E-state index in [9.17, 15) is 37.4 Å². The van der Waals surface area contributed by atoms with E-state index in [-0.39, 0.29) is 69.4 Å². The molecule has 0 bridgehead atoms. The van der Waals surface area contributed by atoms with Crippen molar-refractivity contribution in [1.29, 1.82) is 0 Å². The zero-order valence-electron chi connectivity index (χ0n) is 21.6. The maximum atomic E-state index is 14.1. The zero-order chi connectivity index (χ0) is 28.7. The summed E-state index contributed by atoms with van der Waals surface area (Å²) in [6.45, 7) is 0.711. The van der Waals surface area contributed by atoms with Crippen LogP contribution in [0.3, 0.4) is 0 Å². The van der Waals surface area contributed by atoms with E-state index in [2.05, 4.69) is 10.3 Å². The lowest BCUT2D eigenvalue weighted by Crippen LogP contribution is -2.48. The average molecular weight is 580 g/mol. The second-order valence-corrected chi connectivity index (χ2v) is 12.1. The van der Waals surface area contributed by atoms with Crippen LogP contribution in [0.15, 0.2) is 23.0 Å². The molecule has 0 radical (unpaired) electrons. The van der Waals surface area contributed by atoms with E-state index >= 15 is 0 Å². The van der Waals surface area contributed by atoms with Gasteiger partial charge in [0.2, 0.25) is 15.8 Å². The summed E-state index contributed by atoms with van der Waals surface area (Å²) in [5.41, 5.74) is -2.03. The van der Waals surface area contributed by atoms with Crippen LogP contribution < -0.4 is 15.2 Å². The van der Waals surface area contributed by atoms with Crippen molar-refractivity contribution in [3.8, 4) is 5.75 Å². The quantitative estimate of drug-likeness (QED) is 0.483. The number of likely N-dealkylation sites (tertiary alicyclic amines) is 1. The average Bonchev–Trinajstić information content (AvgIpc) is 3.09. The minimum atomic E-state index is -3.65. The monoisotopic (exact) mass is 579 g/mol. The number of nitrogens with one attached hydrogen (secondary N) is 1. The molecule has 40 heavy (non-hydrogen) atoms. The molecule has 2 amide bonds. The zero-order valence-corrected chi connectivity index (χ0v) is 22.5. The normalized spacial score (nSPS) is 20.0. The van der Waals surface area contributed by atoms with Crippen molar-refractivity contribution in [2.75, 3.05) is 36.3 Å². The van der Waals surface area contributed by atoms with E-state index in [1.165, 1.54) is 15.5 Å². The van der Waals surface area contributed by atoms with Gasteiger partial charge in [0.05, 0.1) is 11.4 Å². The Kier molecular flexibility index (Phi) is 7.44. The minimum absolute atomic E-state index is 0.0692. The molecule has 216 valence electrons. The first-order valence-electron chi connectivity index (χ1n) is 13.1. The number of amides is 2. The molecule has 13 nitrogen and oxygen atoms in total. The molecule has 1 aromatic heterocycles. The van der Waals surface area contributed by atoms with Crippen LogP contribution in [0.25, 0.3) is 0 Å². The molecule has 5 rings (SSSR count). The van der Waals surface area contributed by atoms with Crippen LogP contribution in [0.1, 0.15) is 54.0 Å². The highest BCUT2D eigenvalue weighted by atomic mass is 32.2. The maximum Gasteiger partial charge on any atom is 0.407 e. The smallest absolute Gasteiger partial charge is 0.407 e. The van der Waals surface area contributed by atoms with Crippen LogP contribution in [0.4, 0.5) is 14.9 Å². The second-order valence-electron chi connectivity index (χ2n) is 10.1. The molecule has 0 unspecified atom stereocenters. The number of hydrogen-bond acceptors (Lipinski definition) is 8. The molecular weight excluding hydrogens is 549 g/mol. The molecular formula is C25H30FN5O8S. The molecule has 4 heterocycles. The van der Waals surface area contributed by atoms with Gasteiger partial charge in [0.25, 0.3) is 11.5 Å². The molecule has 15 heteroatoms. The van der Waals surface area contributed by atoms with Gasteiger partial charge in [-0.05, 0) is 37.0 Å². The summed E-state index contributed by atoms with van der Waals surface area (Å²) in [6, 6.07) is 3.61. The topological polar surface area (TPSA) is 171 Å². The van der Waals surface area contributed by atoms with E-state index < -0.39 is 50.4 Å². The highest BCUT2D eigenvalue weighted by Gasteiger charge is 2.44. The Bertz CT molecular complexity index is 1500. The molecule has 1 aromatic carbocycles. The minimum Gasteiger partial charge on any atom is -0.501 e. The summed E-state index contributed by atoms with van der Waals surface area (Å²) >= 11 is 0. The van der Waals surface area contributed by atoms with Crippen molar-refractivity contribution in [1.82, 2.24) is 19.8 Å². The second kappa shape index (κ2) is 10.7.